The first kappa shape index (κ1) is 16.7. The molecule has 2 aliphatic rings. The average molecular weight is 360 g/mol. The van der Waals surface area contributed by atoms with E-state index in [1.54, 1.807) is 0 Å². The van der Waals surface area contributed by atoms with Gasteiger partial charge in [0.05, 0.1) is 10.5 Å². The van der Waals surface area contributed by atoms with Crippen molar-refractivity contribution in [3.05, 3.63) is 28.7 Å². The van der Waals surface area contributed by atoms with Crippen LogP contribution in [0.3, 0.4) is 0 Å². The second-order valence-electron chi connectivity index (χ2n) is 5.53. The summed E-state index contributed by atoms with van der Waals surface area (Å²) in [7, 11) is 1.91. The standard InChI is InChI=1S/C15H13BN2O4S2/c16-7-3-4-9-8(6-7)11(13(21)17-9)12-14(22)18(15(23)24-12)5-1-2-10(19)20/h3-4,6H,1-2,5,16H2,(H,17,21)(H,19,20)/b12-11-. The van der Waals surface area contributed by atoms with E-state index in [1.807, 2.05) is 26.0 Å². The number of hydrogen-bond donors (Lipinski definition) is 2. The number of benzene rings is 1. The molecule has 0 unspecified atom stereocenters. The van der Waals surface area contributed by atoms with Crippen molar-refractivity contribution < 1.29 is 19.5 Å². The number of thioether (sulfide) groups is 1. The number of carboxylic acid groups (broad SMARTS) is 1. The summed E-state index contributed by atoms with van der Waals surface area (Å²) in [5.41, 5.74) is 2.70. The van der Waals surface area contributed by atoms with Crippen LogP contribution in [-0.4, -0.2) is 46.5 Å². The molecule has 1 fully saturated rings. The summed E-state index contributed by atoms with van der Waals surface area (Å²) in [6.07, 6.45) is 0.276. The lowest BCUT2D eigenvalue weighted by molar-refractivity contribution is -0.137. The van der Waals surface area contributed by atoms with Crippen molar-refractivity contribution in [3.63, 3.8) is 0 Å². The van der Waals surface area contributed by atoms with Crippen LogP contribution in [0, 0.1) is 0 Å². The Kier molecular flexibility index (Phi) is 4.46. The van der Waals surface area contributed by atoms with Crippen molar-refractivity contribution in [2.24, 2.45) is 0 Å². The van der Waals surface area contributed by atoms with Crippen molar-refractivity contribution in [2.75, 3.05) is 11.9 Å². The van der Waals surface area contributed by atoms with Gasteiger partial charge in [0.2, 0.25) is 0 Å². The highest BCUT2D eigenvalue weighted by Gasteiger charge is 2.38. The lowest BCUT2D eigenvalue weighted by Crippen LogP contribution is -2.29. The van der Waals surface area contributed by atoms with Crippen molar-refractivity contribution in [1.29, 1.82) is 0 Å². The lowest BCUT2D eigenvalue weighted by Gasteiger charge is -2.13. The normalized spacial score (nSPS) is 19.7. The number of carboxylic acids is 1. The molecule has 9 heteroatoms. The zero-order valence-corrected chi connectivity index (χ0v) is 14.4. The molecule has 1 aromatic carbocycles. The second kappa shape index (κ2) is 6.41. The van der Waals surface area contributed by atoms with Crippen LogP contribution in [0.1, 0.15) is 18.4 Å². The summed E-state index contributed by atoms with van der Waals surface area (Å²) in [5.74, 6) is -1.57. The van der Waals surface area contributed by atoms with Gasteiger partial charge in [-0.15, -0.1) is 0 Å². The number of fused-ring (bicyclic) bond motifs is 1. The molecular formula is C15H13BN2O4S2. The van der Waals surface area contributed by atoms with Crippen LogP contribution >= 0.6 is 24.0 Å². The molecule has 2 heterocycles. The number of aliphatic carboxylic acids is 1. The first-order valence-electron chi connectivity index (χ1n) is 7.30. The number of nitrogens with zero attached hydrogens (tertiary/aromatic N) is 1. The quantitative estimate of drug-likeness (QED) is 0.457. The van der Waals surface area contributed by atoms with Crippen LogP contribution in [0.25, 0.3) is 5.57 Å². The van der Waals surface area contributed by atoms with Crippen LogP contribution in [0.5, 0.6) is 0 Å². The van der Waals surface area contributed by atoms with Gasteiger partial charge < -0.3 is 10.4 Å². The predicted molar refractivity (Wildman–Crippen MR) is 98.9 cm³/mol. The number of anilines is 1. The van der Waals surface area contributed by atoms with E-state index >= 15 is 0 Å². The zero-order valence-electron chi connectivity index (χ0n) is 12.8. The summed E-state index contributed by atoms with van der Waals surface area (Å²) < 4.78 is 0.349. The molecule has 122 valence electrons. The Balaban J connectivity index is 1.93. The Morgan fingerprint density at radius 1 is 1.38 bits per heavy atom. The van der Waals surface area contributed by atoms with Gasteiger partial charge in [0.1, 0.15) is 12.2 Å². The molecule has 0 radical (unpaired) electrons. The number of rotatable bonds is 4. The summed E-state index contributed by atoms with van der Waals surface area (Å²) >= 11 is 6.32. The minimum atomic E-state index is -0.918. The highest BCUT2D eigenvalue weighted by Crippen LogP contribution is 2.41. The molecule has 0 spiro atoms. The van der Waals surface area contributed by atoms with E-state index in [2.05, 4.69) is 5.32 Å². The van der Waals surface area contributed by atoms with Gasteiger partial charge in [-0.25, -0.2) is 0 Å². The summed E-state index contributed by atoms with van der Waals surface area (Å²) in [6.45, 7) is 0.232. The van der Waals surface area contributed by atoms with Crippen molar-refractivity contribution in [3.8, 4) is 0 Å². The fourth-order valence-corrected chi connectivity index (χ4v) is 4.02. The number of carbonyl (C=O) groups excluding carboxylic acids is 2. The Hall–Kier alpha value is -2.13. The third-order valence-corrected chi connectivity index (χ3v) is 5.22. The maximum Gasteiger partial charge on any atom is 0.303 e. The van der Waals surface area contributed by atoms with E-state index in [9.17, 15) is 14.4 Å². The number of thiocarbonyl (C=S) groups is 1. The van der Waals surface area contributed by atoms with E-state index in [0.717, 1.165) is 17.2 Å². The highest BCUT2D eigenvalue weighted by atomic mass is 32.2. The van der Waals surface area contributed by atoms with Gasteiger partial charge in [-0.3, -0.25) is 19.3 Å². The molecule has 0 bridgehead atoms. The SMILES string of the molecule is Bc1ccc2c(c1)/C(=C1/SC(=S)N(CCCC(=O)O)C1=O)C(=O)N2. The van der Waals surface area contributed by atoms with Gasteiger partial charge in [-0.05, 0) is 12.5 Å². The Labute approximate surface area is 148 Å². The molecule has 24 heavy (non-hydrogen) atoms. The van der Waals surface area contributed by atoms with E-state index in [-0.39, 0.29) is 24.8 Å². The van der Waals surface area contributed by atoms with Crippen molar-refractivity contribution in [1.82, 2.24) is 4.90 Å². The lowest BCUT2D eigenvalue weighted by atomic mass is 9.92. The van der Waals surface area contributed by atoms with Gasteiger partial charge in [-0.1, -0.05) is 41.6 Å². The molecule has 3 rings (SSSR count). The van der Waals surface area contributed by atoms with Gasteiger partial charge in [0.25, 0.3) is 11.8 Å². The molecule has 2 N–H and O–H groups in total. The van der Waals surface area contributed by atoms with Gasteiger partial charge in [0, 0.05) is 24.2 Å². The predicted octanol–water partition coefficient (Wildman–Crippen LogP) is 0.333. The molecule has 2 aliphatic heterocycles. The summed E-state index contributed by atoms with van der Waals surface area (Å²) in [4.78, 5) is 37.3. The second-order valence-corrected chi connectivity index (χ2v) is 7.17. The Bertz CT molecular complexity index is 822. The van der Waals surface area contributed by atoms with Crippen LogP contribution in [-0.2, 0) is 14.4 Å². The molecule has 0 aromatic heterocycles. The smallest absolute Gasteiger partial charge is 0.303 e. The first-order chi connectivity index (χ1) is 11.4. The fraction of sp³-hybridized carbons (Fsp3) is 0.200. The largest absolute Gasteiger partial charge is 0.481 e. The van der Waals surface area contributed by atoms with E-state index in [1.165, 1.54) is 4.90 Å². The van der Waals surface area contributed by atoms with Crippen LogP contribution in [0.15, 0.2) is 23.1 Å². The first-order valence-corrected chi connectivity index (χ1v) is 8.53. The van der Waals surface area contributed by atoms with Crippen molar-refractivity contribution in [2.45, 2.75) is 12.8 Å². The number of carbonyl (C=O) groups is 3. The van der Waals surface area contributed by atoms with Gasteiger partial charge >= 0.3 is 5.97 Å². The van der Waals surface area contributed by atoms with Crippen LogP contribution in [0.2, 0.25) is 0 Å². The molecule has 6 nitrogen and oxygen atoms in total. The van der Waals surface area contributed by atoms with Crippen molar-refractivity contribution >= 4 is 70.7 Å². The minimum Gasteiger partial charge on any atom is -0.481 e. The van der Waals surface area contributed by atoms with Gasteiger partial charge in [-0.2, -0.15) is 0 Å². The monoisotopic (exact) mass is 360 g/mol. The van der Waals surface area contributed by atoms with E-state index < -0.39 is 5.97 Å². The molecule has 1 aromatic rings. The maximum absolute atomic E-state index is 12.7. The third-order valence-electron chi connectivity index (χ3n) is 3.77. The average Bonchev–Trinajstić information content (AvgIpc) is 2.96. The Morgan fingerprint density at radius 2 is 2.12 bits per heavy atom. The summed E-state index contributed by atoms with van der Waals surface area (Å²) in [6, 6.07) is 5.56. The third kappa shape index (κ3) is 2.96. The molecule has 1 saturated heterocycles. The zero-order chi connectivity index (χ0) is 17.4. The maximum atomic E-state index is 12.7. The molecule has 0 atom stereocenters. The van der Waals surface area contributed by atoms with E-state index in [4.69, 9.17) is 17.3 Å². The van der Waals surface area contributed by atoms with Crippen LogP contribution < -0.4 is 10.8 Å². The van der Waals surface area contributed by atoms with E-state index in [0.29, 0.717) is 32.5 Å². The van der Waals surface area contributed by atoms with Gasteiger partial charge in [0.15, 0.2) is 0 Å². The highest BCUT2D eigenvalue weighted by molar-refractivity contribution is 8.26. The molecule has 0 aliphatic carbocycles. The number of nitrogens with one attached hydrogen (secondary N) is 1. The molecule has 2 amide bonds. The molecule has 0 saturated carbocycles. The Morgan fingerprint density at radius 3 is 2.83 bits per heavy atom. The minimum absolute atomic E-state index is 0.0362. The summed E-state index contributed by atoms with van der Waals surface area (Å²) in [5, 5.41) is 11.5. The molecular weight excluding hydrogens is 347 g/mol. The topological polar surface area (TPSA) is 86.7 Å². The number of hydrogen-bond acceptors (Lipinski definition) is 5. The van der Waals surface area contributed by atoms with Crippen LogP contribution in [0.4, 0.5) is 5.69 Å². The number of amides is 2. The fourth-order valence-electron chi connectivity index (χ4n) is 2.64.